The van der Waals surface area contributed by atoms with E-state index in [1.807, 2.05) is 0 Å². The largest absolute Gasteiger partial charge is 0.490 e. The van der Waals surface area contributed by atoms with Gasteiger partial charge in [-0.3, -0.25) is 0 Å². The van der Waals surface area contributed by atoms with Gasteiger partial charge in [0.2, 0.25) is 0 Å². The predicted octanol–water partition coefficient (Wildman–Crippen LogP) is 3.87. The first-order chi connectivity index (χ1) is 9.10. The molecule has 0 amide bonds. The minimum Gasteiger partial charge on any atom is -0.490 e. The third kappa shape index (κ3) is 3.46. The molecule has 1 fully saturated rings. The van der Waals surface area contributed by atoms with E-state index < -0.39 is 11.8 Å². The van der Waals surface area contributed by atoms with Crippen molar-refractivity contribution in [1.82, 2.24) is 0 Å². The number of rotatable bonds is 4. The summed E-state index contributed by atoms with van der Waals surface area (Å²) in [6.45, 7) is 2.13. The molecule has 2 unspecified atom stereocenters. The standard InChI is InChI=1S/C15H19FO3/c1-2-10-5-3-4-6-14(10)19-13-8-11(15(17)18)7-12(16)9-13/h7-10,14H,2-6H2,1H3,(H,17,18). The highest BCUT2D eigenvalue weighted by molar-refractivity contribution is 5.88. The van der Waals surface area contributed by atoms with Crippen LogP contribution in [0.4, 0.5) is 4.39 Å². The van der Waals surface area contributed by atoms with E-state index >= 15 is 0 Å². The van der Waals surface area contributed by atoms with Gasteiger partial charge in [0.15, 0.2) is 0 Å². The van der Waals surface area contributed by atoms with Gasteiger partial charge in [0.25, 0.3) is 0 Å². The number of carboxylic acid groups (broad SMARTS) is 1. The van der Waals surface area contributed by atoms with Crippen molar-refractivity contribution in [3.05, 3.63) is 29.6 Å². The summed E-state index contributed by atoms with van der Waals surface area (Å²) in [5.41, 5.74) is -0.0705. The molecule has 1 aliphatic carbocycles. The van der Waals surface area contributed by atoms with Crippen molar-refractivity contribution in [2.24, 2.45) is 5.92 Å². The third-order valence-electron chi connectivity index (χ3n) is 3.77. The number of hydrogen-bond acceptors (Lipinski definition) is 2. The van der Waals surface area contributed by atoms with Gasteiger partial charge in [0.05, 0.1) is 5.56 Å². The first kappa shape index (κ1) is 13.8. The zero-order valence-corrected chi connectivity index (χ0v) is 11.1. The second-order valence-electron chi connectivity index (χ2n) is 5.09. The second kappa shape index (κ2) is 6.04. The number of ether oxygens (including phenoxy) is 1. The highest BCUT2D eigenvalue weighted by Gasteiger charge is 2.25. The van der Waals surface area contributed by atoms with E-state index in [2.05, 4.69) is 6.92 Å². The van der Waals surface area contributed by atoms with E-state index in [9.17, 15) is 9.18 Å². The molecule has 1 N–H and O–H groups in total. The van der Waals surface area contributed by atoms with Crippen LogP contribution in [0.5, 0.6) is 5.75 Å². The summed E-state index contributed by atoms with van der Waals surface area (Å²) in [6.07, 6.45) is 5.51. The van der Waals surface area contributed by atoms with Crippen LogP contribution in [-0.2, 0) is 0 Å². The van der Waals surface area contributed by atoms with E-state index in [4.69, 9.17) is 9.84 Å². The summed E-state index contributed by atoms with van der Waals surface area (Å²) < 4.78 is 19.2. The fourth-order valence-electron chi connectivity index (χ4n) is 2.72. The van der Waals surface area contributed by atoms with Crippen LogP contribution in [0.1, 0.15) is 49.4 Å². The minimum atomic E-state index is -1.14. The summed E-state index contributed by atoms with van der Waals surface area (Å²) in [4.78, 5) is 10.9. The normalized spacial score (nSPS) is 23.1. The zero-order valence-electron chi connectivity index (χ0n) is 11.1. The Morgan fingerprint density at radius 1 is 1.37 bits per heavy atom. The lowest BCUT2D eigenvalue weighted by Gasteiger charge is -2.31. The SMILES string of the molecule is CCC1CCCCC1Oc1cc(F)cc(C(=O)O)c1. The predicted molar refractivity (Wildman–Crippen MR) is 70.0 cm³/mol. The third-order valence-corrected chi connectivity index (χ3v) is 3.77. The molecule has 19 heavy (non-hydrogen) atoms. The van der Waals surface area contributed by atoms with Gasteiger partial charge < -0.3 is 9.84 Å². The quantitative estimate of drug-likeness (QED) is 0.899. The van der Waals surface area contributed by atoms with Crippen LogP contribution < -0.4 is 4.74 Å². The summed E-state index contributed by atoms with van der Waals surface area (Å²) in [5, 5.41) is 8.92. The molecule has 0 radical (unpaired) electrons. The molecule has 0 saturated heterocycles. The van der Waals surface area contributed by atoms with Crippen molar-refractivity contribution in [3.8, 4) is 5.75 Å². The number of benzene rings is 1. The molecule has 0 spiro atoms. The summed E-state index contributed by atoms with van der Waals surface area (Å²) in [7, 11) is 0. The smallest absolute Gasteiger partial charge is 0.335 e. The first-order valence-electron chi connectivity index (χ1n) is 6.80. The fraction of sp³-hybridized carbons (Fsp3) is 0.533. The maximum Gasteiger partial charge on any atom is 0.335 e. The molecule has 104 valence electrons. The number of carboxylic acids is 1. The van der Waals surface area contributed by atoms with Gasteiger partial charge in [-0.15, -0.1) is 0 Å². The average Bonchev–Trinajstić information content (AvgIpc) is 2.38. The minimum absolute atomic E-state index is 0.0705. The lowest BCUT2D eigenvalue weighted by molar-refractivity contribution is 0.0692. The van der Waals surface area contributed by atoms with Crippen LogP contribution in [0.2, 0.25) is 0 Å². The molecule has 1 aromatic rings. The number of carbonyl (C=O) groups is 1. The van der Waals surface area contributed by atoms with E-state index in [0.29, 0.717) is 11.7 Å². The Morgan fingerprint density at radius 2 is 2.11 bits per heavy atom. The molecule has 2 atom stereocenters. The van der Waals surface area contributed by atoms with Crippen LogP contribution >= 0.6 is 0 Å². The Labute approximate surface area is 112 Å². The number of hydrogen-bond donors (Lipinski definition) is 1. The maximum atomic E-state index is 13.4. The van der Waals surface area contributed by atoms with E-state index in [1.54, 1.807) is 0 Å². The van der Waals surface area contributed by atoms with E-state index in [-0.39, 0.29) is 11.7 Å². The van der Waals surface area contributed by atoms with Gasteiger partial charge in [-0.2, -0.15) is 0 Å². The fourth-order valence-corrected chi connectivity index (χ4v) is 2.72. The average molecular weight is 266 g/mol. The van der Waals surface area contributed by atoms with Crippen molar-refractivity contribution in [2.75, 3.05) is 0 Å². The molecule has 0 aromatic heterocycles. The van der Waals surface area contributed by atoms with Gasteiger partial charge in [-0.25, -0.2) is 9.18 Å². The molecule has 1 aliphatic rings. The molecular formula is C15H19FO3. The molecule has 2 rings (SSSR count). The Balaban J connectivity index is 2.15. The monoisotopic (exact) mass is 266 g/mol. The van der Waals surface area contributed by atoms with Crippen LogP contribution in [0, 0.1) is 11.7 Å². The van der Waals surface area contributed by atoms with Gasteiger partial charge >= 0.3 is 5.97 Å². The molecule has 0 heterocycles. The van der Waals surface area contributed by atoms with Crippen molar-refractivity contribution in [2.45, 2.75) is 45.1 Å². The molecule has 1 aromatic carbocycles. The molecule has 1 saturated carbocycles. The Morgan fingerprint density at radius 3 is 2.79 bits per heavy atom. The van der Waals surface area contributed by atoms with Crippen LogP contribution in [0.15, 0.2) is 18.2 Å². The van der Waals surface area contributed by atoms with Crippen molar-refractivity contribution in [1.29, 1.82) is 0 Å². The van der Waals surface area contributed by atoms with Crippen LogP contribution in [-0.4, -0.2) is 17.2 Å². The Kier molecular flexibility index (Phi) is 4.40. The number of halogens is 1. The van der Waals surface area contributed by atoms with E-state index in [0.717, 1.165) is 31.7 Å². The number of aromatic carboxylic acids is 1. The van der Waals surface area contributed by atoms with Crippen LogP contribution in [0.25, 0.3) is 0 Å². The summed E-state index contributed by atoms with van der Waals surface area (Å²) >= 11 is 0. The lowest BCUT2D eigenvalue weighted by Crippen LogP contribution is -2.30. The molecule has 3 nitrogen and oxygen atoms in total. The van der Waals surface area contributed by atoms with Gasteiger partial charge in [-0.05, 0) is 43.7 Å². The van der Waals surface area contributed by atoms with Gasteiger partial charge in [0, 0.05) is 6.07 Å². The Hall–Kier alpha value is -1.58. The summed E-state index contributed by atoms with van der Waals surface area (Å²) in [5.74, 6) is -0.910. The first-order valence-corrected chi connectivity index (χ1v) is 6.80. The molecule has 4 heteroatoms. The van der Waals surface area contributed by atoms with Crippen molar-refractivity contribution >= 4 is 5.97 Å². The van der Waals surface area contributed by atoms with Gasteiger partial charge in [0.1, 0.15) is 17.7 Å². The molecule has 0 aliphatic heterocycles. The van der Waals surface area contributed by atoms with Gasteiger partial charge in [-0.1, -0.05) is 13.3 Å². The maximum absolute atomic E-state index is 13.4. The highest BCUT2D eigenvalue weighted by Crippen LogP contribution is 2.31. The zero-order chi connectivity index (χ0) is 13.8. The Bertz CT molecular complexity index is 459. The highest BCUT2D eigenvalue weighted by atomic mass is 19.1. The topological polar surface area (TPSA) is 46.5 Å². The van der Waals surface area contributed by atoms with Crippen molar-refractivity contribution in [3.63, 3.8) is 0 Å². The lowest BCUT2D eigenvalue weighted by atomic mass is 9.85. The molecule has 0 bridgehead atoms. The van der Waals surface area contributed by atoms with E-state index in [1.165, 1.54) is 18.6 Å². The summed E-state index contributed by atoms with van der Waals surface area (Å²) in [6, 6.07) is 3.66. The second-order valence-corrected chi connectivity index (χ2v) is 5.09. The molecular weight excluding hydrogens is 247 g/mol. The van der Waals surface area contributed by atoms with Crippen molar-refractivity contribution < 1.29 is 19.0 Å². The van der Waals surface area contributed by atoms with Crippen LogP contribution in [0.3, 0.4) is 0 Å².